The Labute approximate surface area is 144 Å². The van der Waals surface area contributed by atoms with Crippen LogP contribution in [0.3, 0.4) is 0 Å². The molecule has 25 heavy (non-hydrogen) atoms. The molecule has 1 heterocycles. The highest BCUT2D eigenvalue weighted by atomic mass is 16.6. The van der Waals surface area contributed by atoms with Crippen molar-refractivity contribution in [2.24, 2.45) is 5.73 Å². The van der Waals surface area contributed by atoms with Crippen LogP contribution in [0, 0.1) is 0 Å². The van der Waals surface area contributed by atoms with Gasteiger partial charge in [-0.05, 0) is 37.3 Å². The van der Waals surface area contributed by atoms with Crippen LogP contribution >= 0.6 is 0 Å². The lowest BCUT2D eigenvalue weighted by atomic mass is 10.0. The minimum Gasteiger partial charge on any atom is -0.497 e. The number of hydrogen-bond donors (Lipinski definition) is 1. The van der Waals surface area contributed by atoms with Gasteiger partial charge in [0.05, 0.1) is 26.4 Å². The molecule has 2 atom stereocenters. The monoisotopic (exact) mass is 345 g/mol. The maximum atomic E-state index is 12.7. The summed E-state index contributed by atoms with van der Waals surface area (Å²) in [5.74, 6) is -0.220. The highest BCUT2D eigenvalue weighted by molar-refractivity contribution is 6.07. The van der Waals surface area contributed by atoms with E-state index in [-0.39, 0.29) is 5.56 Å². The first-order chi connectivity index (χ1) is 11.9. The fraction of sp³-hybridized carbons (Fsp3) is 0.333. The molecule has 0 spiro atoms. The van der Waals surface area contributed by atoms with Crippen molar-refractivity contribution in [1.82, 2.24) is 0 Å². The van der Waals surface area contributed by atoms with E-state index in [2.05, 4.69) is 0 Å². The molecule has 7 heteroatoms. The van der Waals surface area contributed by atoms with Crippen molar-refractivity contribution in [3.05, 3.63) is 35.9 Å². The maximum Gasteiger partial charge on any atom is 0.339 e. The van der Waals surface area contributed by atoms with E-state index in [1.807, 2.05) is 0 Å². The van der Waals surface area contributed by atoms with Crippen LogP contribution in [0.4, 0.5) is 0 Å². The molecule has 1 amide bonds. The van der Waals surface area contributed by atoms with Gasteiger partial charge in [0.25, 0.3) is 5.91 Å². The molecule has 2 aromatic rings. The summed E-state index contributed by atoms with van der Waals surface area (Å²) in [5.41, 5.74) is 4.78. The van der Waals surface area contributed by atoms with Crippen LogP contribution in [-0.2, 0) is 14.3 Å². The Morgan fingerprint density at radius 2 is 1.88 bits per heavy atom. The molecular formula is C18H19NO6. The molecule has 1 aliphatic heterocycles. The van der Waals surface area contributed by atoms with Gasteiger partial charge in [0.15, 0.2) is 0 Å². The van der Waals surface area contributed by atoms with Crippen molar-refractivity contribution in [1.29, 1.82) is 0 Å². The molecule has 2 N–H and O–H groups in total. The number of amides is 1. The number of epoxide rings is 1. The van der Waals surface area contributed by atoms with E-state index in [1.54, 1.807) is 44.4 Å². The molecule has 3 rings (SSSR count). The predicted molar refractivity (Wildman–Crippen MR) is 89.8 cm³/mol. The lowest BCUT2D eigenvalue weighted by Crippen LogP contribution is -2.43. The Hall–Kier alpha value is -2.80. The molecule has 1 aliphatic rings. The van der Waals surface area contributed by atoms with Gasteiger partial charge in [-0.2, -0.15) is 0 Å². The Morgan fingerprint density at radius 3 is 2.44 bits per heavy atom. The number of ether oxygens (including phenoxy) is 4. The molecule has 0 radical (unpaired) electrons. The van der Waals surface area contributed by atoms with E-state index in [1.165, 1.54) is 7.11 Å². The number of esters is 1. The second kappa shape index (κ2) is 6.25. The van der Waals surface area contributed by atoms with E-state index >= 15 is 0 Å². The van der Waals surface area contributed by atoms with E-state index in [9.17, 15) is 9.59 Å². The van der Waals surface area contributed by atoms with Gasteiger partial charge in [-0.1, -0.05) is 0 Å². The molecule has 1 saturated heterocycles. The quantitative estimate of drug-likeness (QED) is 0.631. The smallest absolute Gasteiger partial charge is 0.339 e. The summed E-state index contributed by atoms with van der Waals surface area (Å²) in [7, 11) is 3.08. The van der Waals surface area contributed by atoms with Crippen molar-refractivity contribution in [2.45, 2.75) is 18.6 Å². The standard InChI is InChI=1S/C18H19NO6/c1-18(9-24-18)15(16(19)20)25-17(21)12-6-7-14(23-3)11-5-4-10(22-2)8-13(11)12/h4-8,15H,9H2,1-3H3,(H2,19,20)/t15-,18?/m0/s1. The minimum absolute atomic E-state index is 0.283. The number of carbonyl (C=O) groups is 2. The zero-order chi connectivity index (χ0) is 18.2. The normalized spacial score (nSPS) is 20.0. The van der Waals surface area contributed by atoms with Crippen LogP contribution < -0.4 is 15.2 Å². The van der Waals surface area contributed by atoms with Crippen molar-refractivity contribution in [3.8, 4) is 11.5 Å². The number of nitrogens with two attached hydrogens (primary N) is 1. The number of primary amides is 1. The van der Waals surface area contributed by atoms with Gasteiger partial charge in [-0.25, -0.2) is 4.79 Å². The highest BCUT2D eigenvalue weighted by Gasteiger charge is 2.52. The van der Waals surface area contributed by atoms with Gasteiger partial charge in [-0.3, -0.25) is 4.79 Å². The molecule has 0 bridgehead atoms. The number of methoxy groups -OCH3 is 2. The average Bonchev–Trinajstić information content (AvgIpc) is 3.35. The van der Waals surface area contributed by atoms with Gasteiger partial charge in [-0.15, -0.1) is 0 Å². The molecule has 7 nitrogen and oxygen atoms in total. The third-order valence-corrected chi connectivity index (χ3v) is 4.26. The van der Waals surface area contributed by atoms with E-state index in [4.69, 9.17) is 24.7 Å². The van der Waals surface area contributed by atoms with Crippen molar-refractivity contribution < 1.29 is 28.5 Å². The van der Waals surface area contributed by atoms with Crippen LogP contribution in [0.25, 0.3) is 10.8 Å². The summed E-state index contributed by atoms with van der Waals surface area (Å²) in [6.45, 7) is 1.98. The number of hydrogen-bond acceptors (Lipinski definition) is 6. The van der Waals surface area contributed by atoms with Gasteiger partial charge in [0.1, 0.15) is 17.1 Å². The van der Waals surface area contributed by atoms with Crippen molar-refractivity contribution in [3.63, 3.8) is 0 Å². The Balaban J connectivity index is 2.02. The van der Waals surface area contributed by atoms with Crippen LogP contribution in [0.15, 0.2) is 30.3 Å². The molecular weight excluding hydrogens is 326 g/mol. The number of carbonyl (C=O) groups excluding carboxylic acids is 2. The predicted octanol–water partition coefficient (Wildman–Crippen LogP) is 1.66. The summed E-state index contributed by atoms with van der Waals surface area (Å²) in [6, 6.07) is 8.52. The first-order valence-electron chi connectivity index (χ1n) is 7.68. The summed E-state index contributed by atoms with van der Waals surface area (Å²) < 4.78 is 21.1. The zero-order valence-electron chi connectivity index (χ0n) is 14.2. The van der Waals surface area contributed by atoms with Crippen LogP contribution in [0.5, 0.6) is 11.5 Å². The van der Waals surface area contributed by atoms with Gasteiger partial charge in [0, 0.05) is 10.8 Å². The van der Waals surface area contributed by atoms with E-state index < -0.39 is 23.6 Å². The molecule has 2 aromatic carbocycles. The SMILES string of the molecule is COc1ccc2c(OC)ccc(C(=O)O[C@@H](C(N)=O)C3(C)CO3)c2c1. The minimum atomic E-state index is -1.15. The molecule has 0 saturated carbocycles. The molecule has 1 unspecified atom stereocenters. The maximum absolute atomic E-state index is 12.7. The topological polar surface area (TPSA) is 100 Å². The fourth-order valence-corrected chi connectivity index (χ4v) is 2.70. The molecule has 132 valence electrons. The Kier molecular flexibility index (Phi) is 4.26. The largest absolute Gasteiger partial charge is 0.497 e. The second-order valence-corrected chi connectivity index (χ2v) is 6.02. The van der Waals surface area contributed by atoms with Crippen molar-refractivity contribution in [2.75, 3.05) is 20.8 Å². The lowest BCUT2D eigenvalue weighted by Gasteiger charge is -2.19. The van der Waals surface area contributed by atoms with E-state index in [0.717, 1.165) is 5.39 Å². The third kappa shape index (κ3) is 3.10. The zero-order valence-corrected chi connectivity index (χ0v) is 14.2. The first-order valence-corrected chi connectivity index (χ1v) is 7.68. The Morgan fingerprint density at radius 1 is 1.16 bits per heavy atom. The van der Waals surface area contributed by atoms with Crippen LogP contribution in [0.1, 0.15) is 17.3 Å². The van der Waals surface area contributed by atoms with E-state index in [0.29, 0.717) is 23.5 Å². The third-order valence-electron chi connectivity index (χ3n) is 4.26. The average molecular weight is 345 g/mol. The van der Waals surface area contributed by atoms with Crippen LogP contribution in [0.2, 0.25) is 0 Å². The van der Waals surface area contributed by atoms with Gasteiger partial charge in [0.2, 0.25) is 6.10 Å². The molecule has 1 fully saturated rings. The fourth-order valence-electron chi connectivity index (χ4n) is 2.70. The number of fused-ring (bicyclic) bond motifs is 1. The van der Waals surface area contributed by atoms with Crippen LogP contribution in [-0.4, -0.2) is 44.4 Å². The Bertz CT molecular complexity index is 843. The van der Waals surface area contributed by atoms with Gasteiger partial charge >= 0.3 is 5.97 Å². The molecule has 0 aliphatic carbocycles. The van der Waals surface area contributed by atoms with Crippen molar-refractivity contribution >= 4 is 22.6 Å². The summed E-state index contributed by atoms with van der Waals surface area (Å²) in [6.07, 6.45) is -1.15. The highest BCUT2D eigenvalue weighted by Crippen LogP contribution is 2.35. The summed E-state index contributed by atoms with van der Waals surface area (Å²) in [4.78, 5) is 24.3. The summed E-state index contributed by atoms with van der Waals surface area (Å²) >= 11 is 0. The first kappa shape index (κ1) is 17.0. The lowest BCUT2D eigenvalue weighted by molar-refractivity contribution is -0.129. The number of rotatable bonds is 6. The second-order valence-electron chi connectivity index (χ2n) is 6.02. The summed E-state index contributed by atoms with van der Waals surface area (Å²) in [5, 5.41) is 1.32. The number of benzene rings is 2. The van der Waals surface area contributed by atoms with Gasteiger partial charge < -0.3 is 24.7 Å². The molecule has 0 aromatic heterocycles.